The van der Waals surface area contributed by atoms with E-state index in [-0.39, 0.29) is 24.2 Å². The summed E-state index contributed by atoms with van der Waals surface area (Å²) in [5.74, 6) is -0.572. The first-order chi connectivity index (χ1) is 10.7. The fraction of sp³-hybridized carbons (Fsp3) is 0.789. The van der Waals surface area contributed by atoms with E-state index >= 15 is 0 Å². The molecule has 0 bridgehead atoms. The molecule has 0 amide bonds. The van der Waals surface area contributed by atoms with Gasteiger partial charge in [-0.3, -0.25) is 9.59 Å². The average molecular weight is 322 g/mol. The molecule has 2 saturated carbocycles. The first kappa shape index (κ1) is 18.0. The molecule has 2 fully saturated rings. The fourth-order valence-electron chi connectivity index (χ4n) is 5.04. The van der Waals surface area contributed by atoms with E-state index in [1.165, 1.54) is 24.8 Å². The lowest BCUT2D eigenvalue weighted by atomic mass is 9.48. The van der Waals surface area contributed by atoms with Crippen molar-refractivity contribution in [3.05, 3.63) is 12.2 Å². The van der Waals surface area contributed by atoms with Gasteiger partial charge in [0.2, 0.25) is 0 Å². The minimum absolute atomic E-state index is 0.0554. The number of carboxylic acids is 1. The summed E-state index contributed by atoms with van der Waals surface area (Å²) in [5.41, 5.74) is 1.64. The Balaban J connectivity index is 2.05. The van der Waals surface area contributed by atoms with Crippen molar-refractivity contribution in [3.63, 3.8) is 0 Å². The Bertz CT molecular complexity index is 494. The monoisotopic (exact) mass is 322 g/mol. The average Bonchev–Trinajstić information content (AvgIpc) is 2.43. The zero-order valence-corrected chi connectivity index (χ0v) is 14.7. The fourth-order valence-corrected chi connectivity index (χ4v) is 5.04. The highest BCUT2D eigenvalue weighted by molar-refractivity contribution is 5.76. The molecular formula is C19H30O4. The quantitative estimate of drug-likeness (QED) is 0.609. The van der Waals surface area contributed by atoms with Gasteiger partial charge in [0.05, 0.1) is 19.4 Å². The molecule has 2 aliphatic rings. The van der Waals surface area contributed by atoms with Crippen LogP contribution < -0.4 is 0 Å². The number of fused-ring (bicyclic) bond motifs is 1. The lowest BCUT2D eigenvalue weighted by Crippen LogP contribution is -2.50. The Morgan fingerprint density at radius 2 is 1.96 bits per heavy atom. The molecule has 0 aromatic carbocycles. The summed E-state index contributed by atoms with van der Waals surface area (Å²) in [6, 6.07) is 0. The molecule has 0 aliphatic heterocycles. The van der Waals surface area contributed by atoms with Crippen molar-refractivity contribution in [1.29, 1.82) is 0 Å². The van der Waals surface area contributed by atoms with E-state index < -0.39 is 11.9 Å². The van der Waals surface area contributed by atoms with Gasteiger partial charge in [-0.05, 0) is 42.4 Å². The van der Waals surface area contributed by atoms with Crippen molar-refractivity contribution in [1.82, 2.24) is 0 Å². The zero-order chi connectivity index (χ0) is 17.3. The first-order valence-electron chi connectivity index (χ1n) is 8.72. The molecule has 0 saturated heterocycles. The second-order valence-corrected chi connectivity index (χ2v) is 8.23. The number of esters is 1. The van der Waals surface area contributed by atoms with Crippen LogP contribution >= 0.6 is 0 Å². The van der Waals surface area contributed by atoms with Gasteiger partial charge in [0.15, 0.2) is 0 Å². The third-order valence-corrected chi connectivity index (χ3v) is 6.27. The zero-order valence-electron chi connectivity index (χ0n) is 14.7. The molecule has 0 heterocycles. The van der Waals surface area contributed by atoms with E-state index in [1.807, 2.05) is 0 Å². The van der Waals surface area contributed by atoms with Gasteiger partial charge in [-0.25, -0.2) is 0 Å². The van der Waals surface area contributed by atoms with Crippen LogP contribution in [0.1, 0.15) is 65.7 Å². The predicted octanol–water partition coefficient (Wildman–Crippen LogP) is 4.19. The van der Waals surface area contributed by atoms with Crippen LogP contribution in [0.2, 0.25) is 0 Å². The topological polar surface area (TPSA) is 63.6 Å². The molecule has 1 N–H and O–H groups in total. The summed E-state index contributed by atoms with van der Waals surface area (Å²) in [6.07, 6.45) is 5.56. The molecule has 4 nitrogen and oxygen atoms in total. The summed E-state index contributed by atoms with van der Waals surface area (Å²) in [4.78, 5) is 22.3. The molecule has 2 aliphatic carbocycles. The van der Waals surface area contributed by atoms with E-state index in [0.29, 0.717) is 17.9 Å². The summed E-state index contributed by atoms with van der Waals surface area (Å²) < 4.78 is 5.42. The summed E-state index contributed by atoms with van der Waals surface area (Å²) >= 11 is 0. The lowest BCUT2D eigenvalue weighted by Gasteiger charge is -2.57. The number of ether oxygens (including phenoxy) is 1. The molecule has 0 aromatic rings. The minimum atomic E-state index is -0.968. The van der Waals surface area contributed by atoms with Gasteiger partial charge in [0, 0.05) is 5.92 Å². The number of rotatable bonds is 5. The Labute approximate surface area is 139 Å². The van der Waals surface area contributed by atoms with Gasteiger partial charge in [0.25, 0.3) is 0 Å². The van der Waals surface area contributed by atoms with Crippen LogP contribution in [0.25, 0.3) is 0 Å². The van der Waals surface area contributed by atoms with Crippen molar-refractivity contribution < 1.29 is 19.4 Å². The third-order valence-electron chi connectivity index (χ3n) is 6.27. The second kappa shape index (κ2) is 6.66. The van der Waals surface area contributed by atoms with Gasteiger partial charge < -0.3 is 9.84 Å². The van der Waals surface area contributed by atoms with Crippen LogP contribution in [-0.2, 0) is 14.3 Å². The SMILES string of the molecule is C=C1CC[C@H]2C(C)(C)CCC[C@]2(C)[C@H]1COC(=O)CCC(=O)O. The normalized spacial score (nSPS) is 32.9. The molecule has 0 aromatic heterocycles. The molecular weight excluding hydrogens is 292 g/mol. The molecule has 4 heteroatoms. The number of hydrogen-bond acceptors (Lipinski definition) is 3. The van der Waals surface area contributed by atoms with Gasteiger partial charge in [-0.2, -0.15) is 0 Å². The maximum absolute atomic E-state index is 11.8. The van der Waals surface area contributed by atoms with Crippen LogP contribution in [0.5, 0.6) is 0 Å². The molecule has 2 rings (SSSR count). The minimum Gasteiger partial charge on any atom is -0.481 e. The smallest absolute Gasteiger partial charge is 0.306 e. The van der Waals surface area contributed by atoms with Crippen molar-refractivity contribution in [2.75, 3.05) is 6.61 Å². The maximum atomic E-state index is 11.8. The summed E-state index contributed by atoms with van der Waals surface area (Å²) in [7, 11) is 0. The summed E-state index contributed by atoms with van der Waals surface area (Å²) in [5, 5.41) is 8.65. The highest BCUT2D eigenvalue weighted by Gasteiger charge is 2.53. The number of aliphatic carboxylic acids is 1. The highest BCUT2D eigenvalue weighted by Crippen LogP contribution is 2.60. The highest BCUT2D eigenvalue weighted by atomic mass is 16.5. The molecule has 130 valence electrons. The number of hydrogen-bond donors (Lipinski definition) is 1. The van der Waals surface area contributed by atoms with Gasteiger partial charge in [0.1, 0.15) is 0 Å². The predicted molar refractivity (Wildman–Crippen MR) is 88.9 cm³/mol. The van der Waals surface area contributed by atoms with Crippen LogP contribution in [0.3, 0.4) is 0 Å². The number of carbonyl (C=O) groups excluding carboxylic acids is 1. The standard InChI is InChI=1S/C19H30O4/c1-13-6-7-15-18(2,3)10-5-11-19(15,4)14(13)12-23-17(22)9-8-16(20)21/h14-15H,1,5-12H2,2-4H3,(H,20,21)/t14-,15-,19+/m0/s1. The molecule has 23 heavy (non-hydrogen) atoms. The van der Waals surface area contributed by atoms with Crippen LogP contribution in [0.15, 0.2) is 12.2 Å². The molecule has 0 spiro atoms. The maximum Gasteiger partial charge on any atom is 0.306 e. The Kier molecular flexibility index (Phi) is 5.22. The van der Waals surface area contributed by atoms with E-state index in [1.54, 1.807) is 0 Å². The van der Waals surface area contributed by atoms with Crippen LogP contribution in [0, 0.1) is 22.7 Å². The van der Waals surface area contributed by atoms with E-state index in [4.69, 9.17) is 9.84 Å². The third kappa shape index (κ3) is 3.78. The van der Waals surface area contributed by atoms with Crippen molar-refractivity contribution in [3.8, 4) is 0 Å². The van der Waals surface area contributed by atoms with Gasteiger partial charge in [-0.1, -0.05) is 39.3 Å². The number of carboxylic acid groups (broad SMARTS) is 1. The lowest BCUT2D eigenvalue weighted by molar-refractivity contribution is -0.151. The van der Waals surface area contributed by atoms with Gasteiger partial charge >= 0.3 is 11.9 Å². The Hall–Kier alpha value is -1.32. The molecule has 0 unspecified atom stereocenters. The van der Waals surface area contributed by atoms with Crippen LogP contribution in [-0.4, -0.2) is 23.7 Å². The van der Waals surface area contributed by atoms with E-state index in [2.05, 4.69) is 27.4 Å². The van der Waals surface area contributed by atoms with Crippen molar-refractivity contribution in [2.45, 2.75) is 65.7 Å². The number of carbonyl (C=O) groups is 2. The van der Waals surface area contributed by atoms with Crippen molar-refractivity contribution >= 4 is 11.9 Å². The van der Waals surface area contributed by atoms with Crippen molar-refractivity contribution in [2.24, 2.45) is 22.7 Å². The van der Waals surface area contributed by atoms with Crippen LogP contribution in [0.4, 0.5) is 0 Å². The molecule has 0 radical (unpaired) electrons. The summed E-state index contributed by atoms with van der Waals surface area (Å²) in [6.45, 7) is 11.6. The largest absolute Gasteiger partial charge is 0.481 e. The van der Waals surface area contributed by atoms with E-state index in [0.717, 1.165) is 12.8 Å². The second-order valence-electron chi connectivity index (χ2n) is 8.23. The Morgan fingerprint density at radius 1 is 1.26 bits per heavy atom. The first-order valence-corrected chi connectivity index (χ1v) is 8.72. The Morgan fingerprint density at radius 3 is 2.61 bits per heavy atom. The van der Waals surface area contributed by atoms with E-state index in [9.17, 15) is 9.59 Å². The van der Waals surface area contributed by atoms with Gasteiger partial charge in [-0.15, -0.1) is 0 Å². The molecule has 3 atom stereocenters.